The van der Waals surface area contributed by atoms with Gasteiger partial charge in [-0.2, -0.15) is 0 Å². The Hall–Kier alpha value is -0.610. The van der Waals surface area contributed by atoms with Crippen LogP contribution >= 0.6 is 0 Å². The summed E-state index contributed by atoms with van der Waals surface area (Å²) in [7, 11) is 1.48. The zero-order valence-corrected chi connectivity index (χ0v) is 11.9. The van der Waals surface area contributed by atoms with Gasteiger partial charge in [0, 0.05) is 30.7 Å². The molecule has 1 saturated carbocycles. The van der Waals surface area contributed by atoms with Gasteiger partial charge in [-0.05, 0) is 26.7 Å². The first-order chi connectivity index (χ1) is 8.54. The van der Waals surface area contributed by atoms with Gasteiger partial charge in [-0.1, -0.05) is 12.8 Å². The van der Waals surface area contributed by atoms with Crippen LogP contribution in [-0.4, -0.2) is 48.7 Å². The highest BCUT2D eigenvalue weighted by Gasteiger charge is 2.41. The molecular formula is C14H26N2O2. The first-order valence-corrected chi connectivity index (χ1v) is 7.10. The van der Waals surface area contributed by atoms with Crippen molar-refractivity contribution in [3.63, 3.8) is 0 Å². The van der Waals surface area contributed by atoms with Crippen molar-refractivity contribution in [3.05, 3.63) is 0 Å². The molecule has 2 rings (SSSR count). The van der Waals surface area contributed by atoms with Crippen LogP contribution in [0.1, 0.15) is 46.0 Å². The van der Waals surface area contributed by atoms with Gasteiger partial charge in [0.25, 0.3) is 0 Å². The minimum absolute atomic E-state index is 0.0949. The Labute approximate surface area is 110 Å². The Balaban J connectivity index is 2.11. The number of hydrogen-bond acceptors (Lipinski definition) is 4. The third kappa shape index (κ3) is 2.86. The Kier molecular flexibility index (Phi) is 4.28. The number of ether oxygens (including phenoxy) is 1. The van der Waals surface area contributed by atoms with E-state index in [-0.39, 0.29) is 17.6 Å². The van der Waals surface area contributed by atoms with Crippen molar-refractivity contribution in [3.8, 4) is 0 Å². The number of methoxy groups -OCH3 is 1. The third-order valence-electron chi connectivity index (χ3n) is 4.38. The highest BCUT2D eigenvalue weighted by Crippen LogP contribution is 2.33. The first-order valence-electron chi connectivity index (χ1n) is 7.10. The molecule has 0 radical (unpaired) electrons. The van der Waals surface area contributed by atoms with Crippen LogP contribution in [0, 0.1) is 0 Å². The molecule has 2 aliphatic rings. The van der Waals surface area contributed by atoms with Crippen molar-refractivity contribution in [2.24, 2.45) is 0 Å². The number of carbonyl (C=O) groups excluding carboxylic acids is 1. The predicted molar refractivity (Wildman–Crippen MR) is 71.5 cm³/mol. The van der Waals surface area contributed by atoms with Crippen LogP contribution in [0.3, 0.4) is 0 Å². The molecule has 1 saturated heterocycles. The molecule has 104 valence electrons. The predicted octanol–water partition coefficient (Wildman–Crippen LogP) is 1.54. The number of esters is 1. The van der Waals surface area contributed by atoms with E-state index < -0.39 is 0 Å². The lowest BCUT2D eigenvalue weighted by Crippen LogP contribution is -2.65. The molecule has 0 spiro atoms. The zero-order chi connectivity index (χ0) is 13.2. The minimum atomic E-state index is -0.0949. The number of nitrogens with zero attached hydrogens (tertiary/aromatic N) is 1. The van der Waals surface area contributed by atoms with Crippen LogP contribution in [0.2, 0.25) is 0 Å². The van der Waals surface area contributed by atoms with E-state index in [0.717, 1.165) is 13.1 Å². The molecule has 0 amide bonds. The minimum Gasteiger partial charge on any atom is -0.469 e. The summed E-state index contributed by atoms with van der Waals surface area (Å²) in [6.45, 7) is 6.46. The molecule has 1 aliphatic heterocycles. The molecule has 1 unspecified atom stereocenters. The van der Waals surface area contributed by atoms with E-state index in [4.69, 9.17) is 4.74 Å². The number of piperazine rings is 1. The summed E-state index contributed by atoms with van der Waals surface area (Å²) in [6.07, 6.45) is 5.72. The average molecular weight is 254 g/mol. The summed E-state index contributed by atoms with van der Waals surface area (Å²) in [5.41, 5.74) is 0.131. The second-order valence-corrected chi connectivity index (χ2v) is 6.22. The van der Waals surface area contributed by atoms with E-state index in [2.05, 4.69) is 24.1 Å². The Morgan fingerprint density at radius 3 is 2.67 bits per heavy atom. The van der Waals surface area contributed by atoms with Crippen molar-refractivity contribution in [2.75, 3.05) is 20.2 Å². The molecular weight excluding hydrogens is 228 g/mol. The fraction of sp³-hybridized carbons (Fsp3) is 0.929. The lowest BCUT2D eigenvalue weighted by atomic mass is 9.91. The van der Waals surface area contributed by atoms with Crippen molar-refractivity contribution in [2.45, 2.75) is 63.6 Å². The molecule has 1 aliphatic carbocycles. The first kappa shape index (κ1) is 13.8. The lowest BCUT2D eigenvalue weighted by Gasteiger charge is -2.51. The van der Waals surface area contributed by atoms with Gasteiger partial charge in [0.2, 0.25) is 0 Å². The van der Waals surface area contributed by atoms with E-state index in [1.807, 2.05) is 0 Å². The van der Waals surface area contributed by atoms with Gasteiger partial charge >= 0.3 is 5.97 Å². The lowest BCUT2D eigenvalue weighted by molar-refractivity contribution is -0.143. The molecule has 18 heavy (non-hydrogen) atoms. The summed E-state index contributed by atoms with van der Waals surface area (Å²) in [6, 6.07) is 0.932. The number of hydrogen-bond donors (Lipinski definition) is 1. The topological polar surface area (TPSA) is 41.6 Å². The van der Waals surface area contributed by atoms with Crippen molar-refractivity contribution in [1.82, 2.24) is 10.2 Å². The third-order valence-corrected chi connectivity index (χ3v) is 4.38. The van der Waals surface area contributed by atoms with E-state index in [0.29, 0.717) is 12.5 Å². The quantitative estimate of drug-likeness (QED) is 0.776. The van der Waals surface area contributed by atoms with Crippen molar-refractivity contribution >= 4 is 5.97 Å². The molecule has 0 aromatic heterocycles. The van der Waals surface area contributed by atoms with Crippen LogP contribution in [0.4, 0.5) is 0 Å². The largest absolute Gasteiger partial charge is 0.469 e. The SMILES string of the molecule is COC(=O)CC1CNCC(C)(C)N1C1CCCC1. The standard InChI is InChI=1S/C14H26N2O2/c1-14(2)10-15-9-12(8-13(17)18-3)16(14)11-6-4-5-7-11/h11-12,15H,4-10H2,1-3H3. The fourth-order valence-electron chi connectivity index (χ4n) is 3.65. The van der Waals surface area contributed by atoms with E-state index >= 15 is 0 Å². The molecule has 1 atom stereocenters. The Morgan fingerprint density at radius 2 is 2.06 bits per heavy atom. The number of carbonyl (C=O) groups is 1. The molecule has 4 heteroatoms. The maximum absolute atomic E-state index is 11.6. The normalized spacial score (nSPS) is 29.4. The van der Waals surface area contributed by atoms with Gasteiger partial charge < -0.3 is 10.1 Å². The van der Waals surface area contributed by atoms with Gasteiger partial charge in [0.1, 0.15) is 0 Å². The second-order valence-electron chi connectivity index (χ2n) is 6.22. The number of rotatable bonds is 3. The van der Waals surface area contributed by atoms with Gasteiger partial charge in [-0.3, -0.25) is 9.69 Å². The Morgan fingerprint density at radius 1 is 1.39 bits per heavy atom. The van der Waals surface area contributed by atoms with Crippen LogP contribution in [0.25, 0.3) is 0 Å². The highest BCUT2D eigenvalue weighted by molar-refractivity contribution is 5.70. The molecule has 4 nitrogen and oxygen atoms in total. The van der Waals surface area contributed by atoms with Crippen LogP contribution < -0.4 is 5.32 Å². The van der Waals surface area contributed by atoms with E-state index in [1.54, 1.807) is 0 Å². The summed E-state index contributed by atoms with van der Waals surface area (Å²) >= 11 is 0. The average Bonchev–Trinajstić information content (AvgIpc) is 2.81. The van der Waals surface area contributed by atoms with E-state index in [1.165, 1.54) is 32.8 Å². The van der Waals surface area contributed by atoms with Crippen LogP contribution in [0.5, 0.6) is 0 Å². The monoisotopic (exact) mass is 254 g/mol. The highest BCUT2D eigenvalue weighted by atomic mass is 16.5. The molecule has 0 bridgehead atoms. The smallest absolute Gasteiger partial charge is 0.307 e. The van der Waals surface area contributed by atoms with Gasteiger partial charge in [0.15, 0.2) is 0 Å². The summed E-state index contributed by atoms with van der Waals surface area (Å²) in [5, 5.41) is 3.46. The van der Waals surface area contributed by atoms with Gasteiger partial charge in [0.05, 0.1) is 13.5 Å². The number of nitrogens with one attached hydrogen (secondary N) is 1. The van der Waals surface area contributed by atoms with Gasteiger partial charge in [-0.25, -0.2) is 0 Å². The fourth-order valence-corrected chi connectivity index (χ4v) is 3.65. The maximum Gasteiger partial charge on any atom is 0.307 e. The molecule has 1 heterocycles. The van der Waals surface area contributed by atoms with E-state index in [9.17, 15) is 4.79 Å². The van der Waals surface area contributed by atoms with Gasteiger partial charge in [-0.15, -0.1) is 0 Å². The molecule has 0 aromatic carbocycles. The maximum atomic E-state index is 11.6. The summed E-state index contributed by atoms with van der Waals surface area (Å²) < 4.78 is 4.84. The summed E-state index contributed by atoms with van der Waals surface area (Å²) in [5.74, 6) is -0.0949. The molecule has 0 aromatic rings. The Bertz CT molecular complexity index is 298. The van der Waals surface area contributed by atoms with Crippen molar-refractivity contribution in [1.29, 1.82) is 0 Å². The zero-order valence-electron chi connectivity index (χ0n) is 11.9. The summed E-state index contributed by atoms with van der Waals surface area (Å²) in [4.78, 5) is 14.2. The second kappa shape index (κ2) is 5.57. The van der Waals surface area contributed by atoms with Crippen LogP contribution in [-0.2, 0) is 9.53 Å². The van der Waals surface area contributed by atoms with Crippen molar-refractivity contribution < 1.29 is 9.53 Å². The molecule has 2 fully saturated rings. The molecule has 1 N–H and O–H groups in total. The van der Waals surface area contributed by atoms with Crippen LogP contribution in [0.15, 0.2) is 0 Å².